The smallest absolute Gasteiger partial charge is 0.264 e. The molecule has 0 aromatic carbocycles. The summed E-state index contributed by atoms with van der Waals surface area (Å²) >= 11 is 1.49. The summed E-state index contributed by atoms with van der Waals surface area (Å²) in [4.78, 5) is 30.2. The maximum absolute atomic E-state index is 12.9. The topological polar surface area (TPSA) is 49.9 Å². The molecule has 1 aromatic rings. The minimum atomic E-state index is -0.368. The minimum Gasteiger partial charge on any atom is -0.383 e. The molecule has 2 saturated heterocycles. The van der Waals surface area contributed by atoms with Gasteiger partial charge in [-0.2, -0.15) is 0 Å². The summed E-state index contributed by atoms with van der Waals surface area (Å²) < 4.78 is 5.11. The van der Waals surface area contributed by atoms with E-state index in [0.29, 0.717) is 26.2 Å². The van der Waals surface area contributed by atoms with Gasteiger partial charge in [-0.1, -0.05) is 0 Å². The van der Waals surface area contributed by atoms with E-state index in [1.807, 2.05) is 28.2 Å². The molecule has 3 rings (SSSR count). The molecule has 0 aliphatic carbocycles. The van der Waals surface area contributed by atoms with Crippen LogP contribution in [-0.2, 0) is 9.53 Å². The second-order valence-electron chi connectivity index (χ2n) is 6.58. The Hall–Kier alpha value is -1.40. The summed E-state index contributed by atoms with van der Waals surface area (Å²) in [5.41, 5.74) is 0.657. The molecule has 2 fully saturated rings. The number of thiophene rings is 1. The third-order valence-corrected chi connectivity index (χ3v) is 6.09. The van der Waals surface area contributed by atoms with Crippen LogP contribution in [0.3, 0.4) is 0 Å². The fraction of sp³-hybridized carbons (Fsp3) is 0.647. The Labute approximate surface area is 141 Å². The van der Waals surface area contributed by atoms with E-state index in [-0.39, 0.29) is 17.2 Å². The Bertz CT molecular complexity index is 600. The molecule has 2 aliphatic heterocycles. The summed E-state index contributed by atoms with van der Waals surface area (Å²) in [6.45, 7) is 5.23. The van der Waals surface area contributed by atoms with Gasteiger partial charge in [-0.15, -0.1) is 11.3 Å². The lowest BCUT2D eigenvalue weighted by Crippen LogP contribution is -2.51. The lowest BCUT2D eigenvalue weighted by Gasteiger charge is -2.39. The number of carbonyl (C=O) groups excluding carboxylic acids is 2. The molecule has 1 spiro atoms. The number of hydrogen-bond acceptors (Lipinski definition) is 4. The van der Waals surface area contributed by atoms with Crippen LogP contribution in [0.15, 0.2) is 11.4 Å². The van der Waals surface area contributed by atoms with Crippen LogP contribution in [0.2, 0.25) is 0 Å². The van der Waals surface area contributed by atoms with E-state index in [1.54, 1.807) is 7.11 Å². The molecule has 1 aromatic heterocycles. The molecule has 0 saturated carbocycles. The van der Waals surface area contributed by atoms with Crippen molar-refractivity contribution >= 4 is 23.2 Å². The van der Waals surface area contributed by atoms with E-state index in [9.17, 15) is 9.59 Å². The fourth-order valence-electron chi connectivity index (χ4n) is 3.73. The van der Waals surface area contributed by atoms with Crippen LogP contribution in [0, 0.1) is 12.3 Å². The van der Waals surface area contributed by atoms with Gasteiger partial charge in [0.1, 0.15) is 0 Å². The first-order chi connectivity index (χ1) is 11.1. The van der Waals surface area contributed by atoms with E-state index < -0.39 is 0 Å². The third-order valence-electron chi connectivity index (χ3n) is 5.09. The lowest BCUT2D eigenvalue weighted by molar-refractivity contribution is -0.146. The Morgan fingerprint density at radius 2 is 2.22 bits per heavy atom. The van der Waals surface area contributed by atoms with Crippen molar-refractivity contribution < 1.29 is 14.3 Å². The van der Waals surface area contributed by atoms with Crippen molar-refractivity contribution in [3.63, 3.8) is 0 Å². The van der Waals surface area contributed by atoms with E-state index >= 15 is 0 Å². The Morgan fingerprint density at radius 1 is 1.39 bits per heavy atom. The highest BCUT2D eigenvalue weighted by Crippen LogP contribution is 2.40. The van der Waals surface area contributed by atoms with Crippen molar-refractivity contribution in [3.8, 4) is 0 Å². The van der Waals surface area contributed by atoms with Gasteiger partial charge in [0, 0.05) is 33.3 Å². The van der Waals surface area contributed by atoms with Crippen molar-refractivity contribution in [3.05, 3.63) is 21.9 Å². The zero-order valence-electron chi connectivity index (χ0n) is 13.8. The molecule has 2 aliphatic rings. The van der Waals surface area contributed by atoms with E-state index in [4.69, 9.17) is 4.74 Å². The van der Waals surface area contributed by atoms with Gasteiger partial charge < -0.3 is 14.5 Å². The first kappa shape index (κ1) is 16.5. The predicted octanol–water partition coefficient (Wildman–Crippen LogP) is 2.16. The van der Waals surface area contributed by atoms with Crippen molar-refractivity contribution in [2.45, 2.75) is 26.2 Å². The summed E-state index contributed by atoms with van der Waals surface area (Å²) in [5.74, 6) is 0.287. The predicted molar refractivity (Wildman–Crippen MR) is 89.7 cm³/mol. The van der Waals surface area contributed by atoms with Crippen molar-refractivity contribution in [2.75, 3.05) is 39.9 Å². The second kappa shape index (κ2) is 6.61. The number of piperidine rings is 1. The van der Waals surface area contributed by atoms with Gasteiger partial charge in [0.15, 0.2) is 0 Å². The summed E-state index contributed by atoms with van der Waals surface area (Å²) in [5, 5.41) is 1.95. The molecule has 5 nitrogen and oxygen atoms in total. The molecule has 3 heterocycles. The standard InChI is InChI=1S/C17H24N2O3S/c1-13-4-11-23-14(13)15(20)19-8-6-17(12-19)5-3-7-18(16(17)21)9-10-22-2/h4,11H,3,5-10,12H2,1-2H3/t17-/m0/s1. The van der Waals surface area contributed by atoms with E-state index in [2.05, 4.69) is 0 Å². The Kier molecular flexibility index (Phi) is 4.73. The van der Waals surface area contributed by atoms with E-state index in [0.717, 1.165) is 36.2 Å². The van der Waals surface area contributed by atoms with E-state index in [1.165, 1.54) is 11.3 Å². The molecule has 2 amide bonds. The average Bonchev–Trinajstić information content (AvgIpc) is 3.16. The van der Waals surface area contributed by atoms with Crippen molar-refractivity contribution in [1.82, 2.24) is 9.80 Å². The molecule has 0 bridgehead atoms. The SMILES string of the molecule is COCCN1CCC[C@@]2(CCN(C(=O)c3sccc3C)C2)C1=O. The maximum atomic E-state index is 12.9. The fourth-order valence-corrected chi connectivity index (χ4v) is 4.62. The monoisotopic (exact) mass is 336 g/mol. The zero-order valence-corrected chi connectivity index (χ0v) is 14.7. The summed E-state index contributed by atoms with van der Waals surface area (Å²) in [6.07, 6.45) is 2.68. The molecule has 6 heteroatoms. The number of nitrogens with zero attached hydrogens (tertiary/aromatic N) is 2. The number of hydrogen-bond donors (Lipinski definition) is 0. The number of rotatable bonds is 4. The number of likely N-dealkylation sites (tertiary alicyclic amines) is 2. The largest absolute Gasteiger partial charge is 0.383 e. The van der Waals surface area contributed by atoms with Gasteiger partial charge in [-0.3, -0.25) is 9.59 Å². The summed E-state index contributed by atoms with van der Waals surface area (Å²) in [7, 11) is 1.66. The average molecular weight is 336 g/mol. The van der Waals surface area contributed by atoms with Crippen LogP contribution in [-0.4, -0.2) is 61.5 Å². The number of aryl methyl sites for hydroxylation is 1. The highest BCUT2D eigenvalue weighted by molar-refractivity contribution is 7.12. The van der Waals surface area contributed by atoms with Gasteiger partial charge >= 0.3 is 0 Å². The van der Waals surface area contributed by atoms with Gasteiger partial charge in [0.25, 0.3) is 5.91 Å². The van der Waals surface area contributed by atoms with Crippen LogP contribution in [0.25, 0.3) is 0 Å². The molecule has 0 radical (unpaired) electrons. The maximum Gasteiger partial charge on any atom is 0.264 e. The highest BCUT2D eigenvalue weighted by Gasteiger charge is 2.49. The first-order valence-electron chi connectivity index (χ1n) is 8.19. The normalized spacial score (nSPS) is 24.7. The summed E-state index contributed by atoms with van der Waals surface area (Å²) in [6, 6.07) is 1.97. The molecule has 0 N–H and O–H groups in total. The quantitative estimate of drug-likeness (QED) is 0.847. The van der Waals surface area contributed by atoms with Crippen LogP contribution in [0.1, 0.15) is 34.5 Å². The number of methoxy groups -OCH3 is 1. The highest BCUT2D eigenvalue weighted by atomic mass is 32.1. The molecular weight excluding hydrogens is 312 g/mol. The molecule has 126 valence electrons. The Morgan fingerprint density at radius 3 is 2.91 bits per heavy atom. The lowest BCUT2D eigenvalue weighted by atomic mass is 9.78. The van der Waals surface area contributed by atoms with Crippen LogP contribution >= 0.6 is 11.3 Å². The van der Waals surface area contributed by atoms with Crippen molar-refractivity contribution in [1.29, 1.82) is 0 Å². The Balaban J connectivity index is 1.71. The van der Waals surface area contributed by atoms with Gasteiger partial charge in [-0.25, -0.2) is 0 Å². The van der Waals surface area contributed by atoms with Crippen LogP contribution < -0.4 is 0 Å². The number of carbonyl (C=O) groups is 2. The molecule has 1 atom stereocenters. The second-order valence-corrected chi connectivity index (χ2v) is 7.49. The number of ether oxygens (including phenoxy) is 1. The number of amides is 2. The molecular formula is C17H24N2O3S. The van der Waals surface area contributed by atoms with Gasteiger partial charge in [0.2, 0.25) is 5.91 Å². The van der Waals surface area contributed by atoms with Gasteiger partial charge in [0.05, 0.1) is 16.9 Å². The third kappa shape index (κ3) is 3.02. The molecule has 23 heavy (non-hydrogen) atoms. The van der Waals surface area contributed by atoms with Gasteiger partial charge in [-0.05, 0) is 43.2 Å². The van der Waals surface area contributed by atoms with Crippen LogP contribution in [0.5, 0.6) is 0 Å². The molecule has 0 unspecified atom stereocenters. The van der Waals surface area contributed by atoms with Crippen molar-refractivity contribution in [2.24, 2.45) is 5.41 Å². The van der Waals surface area contributed by atoms with Crippen LogP contribution in [0.4, 0.5) is 0 Å². The first-order valence-corrected chi connectivity index (χ1v) is 9.07. The zero-order chi connectivity index (χ0) is 16.4. The minimum absolute atomic E-state index is 0.0798.